The largest absolute Gasteiger partial charge is 0.466 e. The number of hydrogen-bond acceptors (Lipinski definition) is 8. The highest BCUT2D eigenvalue weighted by atomic mass is 16.6. The fraction of sp³-hybridized carbons (Fsp3) is 0.359. The summed E-state index contributed by atoms with van der Waals surface area (Å²) in [5.74, 6) is -0.397. The molecule has 0 aromatic heterocycles. The molecule has 1 saturated heterocycles. The third-order valence-electron chi connectivity index (χ3n) is 8.05. The molecule has 47 heavy (non-hydrogen) atoms. The van der Waals surface area contributed by atoms with Gasteiger partial charge in [0, 0.05) is 6.04 Å². The summed E-state index contributed by atoms with van der Waals surface area (Å²) in [5, 5.41) is 0. The van der Waals surface area contributed by atoms with Gasteiger partial charge in [-0.3, -0.25) is 4.79 Å². The second-order valence-corrected chi connectivity index (χ2v) is 11.6. The van der Waals surface area contributed by atoms with Crippen molar-refractivity contribution in [2.75, 3.05) is 13.2 Å². The number of ether oxygens (including phenoxy) is 6. The van der Waals surface area contributed by atoms with E-state index < -0.39 is 42.5 Å². The van der Waals surface area contributed by atoms with Crippen LogP contribution in [-0.2, 0) is 59.6 Å². The zero-order valence-corrected chi connectivity index (χ0v) is 26.9. The standard InChI is InChI=1S/C39H45NO7/c1-2-43-35(41)23-33(40)36-38(45-26-31-19-11-5-12-20-31)39(46-27-32-21-13-6-14-22-32)37(44-25-30-17-9-4-10-18-30)34(47-36)28-42-24-29-15-7-3-8-16-29/h3-22,33-34,36-39H,2,23-28,40H2,1H3/t33-,34+,36+,37-,38-,39-/m0/s1. The number of nitrogens with two attached hydrogens (primary N) is 1. The highest BCUT2D eigenvalue weighted by Gasteiger charge is 2.50. The molecule has 4 aromatic rings. The van der Waals surface area contributed by atoms with Gasteiger partial charge in [0.2, 0.25) is 0 Å². The molecule has 5 rings (SSSR count). The minimum Gasteiger partial charge on any atom is -0.466 e. The molecule has 1 aliphatic rings. The molecule has 8 nitrogen and oxygen atoms in total. The number of carbonyl (C=O) groups is 1. The first kappa shape index (κ1) is 34.4. The maximum atomic E-state index is 12.6. The van der Waals surface area contributed by atoms with Gasteiger partial charge in [-0.05, 0) is 29.2 Å². The Bertz CT molecular complexity index is 1440. The normalized spacial score (nSPS) is 21.6. The number of hydrogen-bond donors (Lipinski definition) is 1. The molecule has 2 N–H and O–H groups in total. The van der Waals surface area contributed by atoms with Crippen LogP contribution in [0.5, 0.6) is 0 Å². The summed E-state index contributed by atoms with van der Waals surface area (Å²) in [6.45, 7) is 3.60. The third kappa shape index (κ3) is 10.6. The SMILES string of the molecule is CCOC(=O)C[C@H](N)[C@H]1O[C@H](COCc2ccccc2)[C@H](OCc2ccccc2)[C@H](OCc2ccccc2)[C@H]1OCc1ccccc1. The van der Waals surface area contributed by atoms with Gasteiger partial charge in [0.1, 0.15) is 30.5 Å². The van der Waals surface area contributed by atoms with Gasteiger partial charge in [-0.2, -0.15) is 0 Å². The zero-order chi connectivity index (χ0) is 32.7. The fourth-order valence-corrected chi connectivity index (χ4v) is 5.70. The maximum Gasteiger partial charge on any atom is 0.307 e. The lowest BCUT2D eigenvalue weighted by molar-refractivity contribution is -0.276. The van der Waals surface area contributed by atoms with E-state index in [0.29, 0.717) is 26.4 Å². The van der Waals surface area contributed by atoms with Gasteiger partial charge in [0.05, 0.1) is 46.1 Å². The van der Waals surface area contributed by atoms with E-state index in [1.165, 1.54) is 0 Å². The zero-order valence-electron chi connectivity index (χ0n) is 26.9. The van der Waals surface area contributed by atoms with Crippen LogP contribution in [0, 0.1) is 0 Å². The molecule has 0 saturated carbocycles. The Balaban J connectivity index is 1.46. The van der Waals surface area contributed by atoms with Crippen molar-refractivity contribution in [1.82, 2.24) is 0 Å². The van der Waals surface area contributed by atoms with Gasteiger partial charge in [0.15, 0.2) is 0 Å². The van der Waals surface area contributed by atoms with Crippen LogP contribution in [0.3, 0.4) is 0 Å². The summed E-state index contributed by atoms with van der Waals surface area (Å²) < 4.78 is 38.3. The molecule has 4 aromatic carbocycles. The monoisotopic (exact) mass is 639 g/mol. The Kier molecular flexibility index (Phi) is 13.5. The number of carbonyl (C=O) groups excluding carboxylic acids is 1. The molecule has 0 spiro atoms. The highest BCUT2D eigenvalue weighted by Crippen LogP contribution is 2.32. The predicted octanol–water partition coefficient (Wildman–Crippen LogP) is 6.01. The van der Waals surface area contributed by atoms with Crippen LogP contribution in [0.4, 0.5) is 0 Å². The van der Waals surface area contributed by atoms with Gasteiger partial charge in [-0.15, -0.1) is 0 Å². The van der Waals surface area contributed by atoms with Gasteiger partial charge in [-0.1, -0.05) is 121 Å². The molecule has 0 unspecified atom stereocenters. The van der Waals surface area contributed by atoms with Crippen molar-refractivity contribution in [2.45, 2.75) is 76.3 Å². The first-order valence-corrected chi connectivity index (χ1v) is 16.3. The fourth-order valence-electron chi connectivity index (χ4n) is 5.70. The summed E-state index contributed by atoms with van der Waals surface area (Å²) in [6.07, 6.45) is -3.19. The molecule has 0 radical (unpaired) electrons. The van der Waals surface area contributed by atoms with E-state index in [1.807, 2.05) is 121 Å². The van der Waals surface area contributed by atoms with E-state index in [1.54, 1.807) is 6.92 Å². The van der Waals surface area contributed by atoms with Crippen molar-refractivity contribution in [3.63, 3.8) is 0 Å². The maximum absolute atomic E-state index is 12.6. The minimum atomic E-state index is -0.732. The van der Waals surface area contributed by atoms with Crippen molar-refractivity contribution in [1.29, 1.82) is 0 Å². The summed E-state index contributed by atoms with van der Waals surface area (Å²) in [7, 11) is 0. The van der Waals surface area contributed by atoms with Crippen LogP contribution in [0.15, 0.2) is 121 Å². The van der Waals surface area contributed by atoms with Crippen LogP contribution in [0.1, 0.15) is 35.6 Å². The second kappa shape index (κ2) is 18.4. The Labute approximate surface area is 277 Å². The van der Waals surface area contributed by atoms with Gasteiger partial charge in [0.25, 0.3) is 0 Å². The lowest BCUT2D eigenvalue weighted by atomic mass is 9.89. The Hall–Kier alpha value is -3.89. The van der Waals surface area contributed by atoms with Crippen molar-refractivity contribution in [3.05, 3.63) is 144 Å². The van der Waals surface area contributed by atoms with Crippen LogP contribution in [-0.4, -0.2) is 55.7 Å². The van der Waals surface area contributed by atoms with Crippen molar-refractivity contribution in [2.24, 2.45) is 5.73 Å². The number of benzene rings is 4. The van der Waals surface area contributed by atoms with Gasteiger partial charge in [-0.25, -0.2) is 0 Å². The molecular weight excluding hydrogens is 594 g/mol. The van der Waals surface area contributed by atoms with E-state index in [9.17, 15) is 4.79 Å². The van der Waals surface area contributed by atoms with E-state index >= 15 is 0 Å². The Morgan fingerprint density at radius 2 is 1.06 bits per heavy atom. The molecule has 6 atom stereocenters. The second-order valence-electron chi connectivity index (χ2n) is 11.6. The molecule has 0 bridgehead atoms. The molecule has 248 valence electrons. The predicted molar refractivity (Wildman–Crippen MR) is 179 cm³/mol. The lowest BCUT2D eigenvalue weighted by Crippen LogP contribution is -2.65. The Morgan fingerprint density at radius 1 is 0.638 bits per heavy atom. The first-order chi connectivity index (χ1) is 23.1. The van der Waals surface area contributed by atoms with Crippen LogP contribution < -0.4 is 5.73 Å². The summed E-state index contributed by atoms with van der Waals surface area (Å²) in [4.78, 5) is 12.6. The summed E-state index contributed by atoms with van der Waals surface area (Å²) in [6, 6.07) is 39.1. The smallest absolute Gasteiger partial charge is 0.307 e. The summed E-state index contributed by atoms with van der Waals surface area (Å²) in [5.41, 5.74) is 10.8. The van der Waals surface area contributed by atoms with E-state index in [4.69, 9.17) is 34.2 Å². The molecule has 1 fully saturated rings. The van der Waals surface area contributed by atoms with Crippen LogP contribution in [0.25, 0.3) is 0 Å². The molecular formula is C39H45NO7. The van der Waals surface area contributed by atoms with Crippen molar-refractivity contribution >= 4 is 5.97 Å². The van der Waals surface area contributed by atoms with Crippen molar-refractivity contribution in [3.8, 4) is 0 Å². The van der Waals surface area contributed by atoms with Gasteiger partial charge >= 0.3 is 5.97 Å². The highest BCUT2D eigenvalue weighted by molar-refractivity contribution is 5.70. The topological polar surface area (TPSA) is 98.5 Å². The average molecular weight is 640 g/mol. The molecule has 0 amide bonds. The van der Waals surface area contributed by atoms with Crippen LogP contribution in [0.2, 0.25) is 0 Å². The minimum absolute atomic E-state index is 0.0394. The lowest BCUT2D eigenvalue weighted by Gasteiger charge is -2.47. The van der Waals surface area contributed by atoms with E-state index in [2.05, 4.69) is 0 Å². The molecule has 8 heteroatoms. The number of esters is 1. The average Bonchev–Trinajstić information content (AvgIpc) is 3.11. The Morgan fingerprint density at radius 3 is 1.53 bits per heavy atom. The van der Waals surface area contributed by atoms with Gasteiger partial charge < -0.3 is 34.2 Å². The molecule has 0 aliphatic carbocycles. The molecule has 1 heterocycles. The van der Waals surface area contributed by atoms with Crippen molar-refractivity contribution < 1.29 is 33.2 Å². The van der Waals surface area contributed by atoms with E-state index in [0.717, 1.165) is 22.3 Å². The quantitative estimate of drug-likeness (QED) is 0.140. The number of rotatable bonds is 17. The third-order valence-corrected chi connectivity index (χ3v) is 8.05. The molecule has 1 aliphatic heterocycles. The summed E-state index contributed by atoms with van der Waals surface area (Å²) >= 11 is 0. The van der Waals surface area contributed by atoms with E-state index in [-0.39, 0.29) is 19.6 Å². The van der Waals surface area contributed by atoms with Crippen LogP contribution >= 0.6 is 0 Å². The first-order valence-electron chi connectivity index (χ1n) is 16.3.